The van der Waals surface area contributed by atoms with Gasteiger partial charge in [-0.2, -0.15) is 0 Å². The average Bonchev–Trinajstić information content (AvgIpc) is 2.43. The molecule has 0 bridgehead atoms. The van der Waals surface area contributed by atoms with Crippen LogP contribution in [0.3, 0.4) is 0 Å². The number of carbonyl (C=O) groups excluding carboxylic acids is 2. The van der Waals surface area contributed by atoms with Gasteiger partial charge in [-0.3, -0.25) is 9.59 Å². The molecule has 0 saturated heterocycles. The van der Waals surface area contributed by atoms with Crippen molar-refractivity contribution in [3.8, 4) is 0 Å². The Labute approximate surface area is 66.7 Å². The zero-order valence-electron chi connectivity index (χ0n) is 6.84. The van der Waals surface area contributed by atoms with Crippen LogP contribution in [0.1, 0.15) is 32.6 Å². The molecule has 3 heteroatoms. The maximum absolute atomic E-state index is 10.2. The molecule has 0 spiro atoms. The highest BCUT2D eigenvalue weighted by molar-refractivity contribution is 5.79. The summed E-state index contributed by atoms with van der Waals surface area (Å²) in [4.78, 5) is 19.4. The van der Waals surface area contributed by atoms with Gasteiger partial charge in [-0.1, -0.05) is 0 Å². The minimum Gasteiger partial charge on any atom is -0.468 e. The van der Waals surface area contributed by atoms with Gasteiger partial charge in [-0.25, -0.2) is 0 Å². The summed E-state index contributed by atoms with van der Waals surface area (Å²) in [6.07, 6.45) is 3.97. The molecule has 0 atom stereocenters. The number of ketones is 1. The first-order chi connectivity index (χ1) is 5.31. The second kappa shape index (κ2) is 7.25. The highest BCUT2D eigenvalue weighted by Crippen LogP contribution is 2.11. The van der Waals surface area contributed by atoms with Crippen molar-refractivity contribution >= 4 is 12.3 Å². The summed E-state index contributed by atoms with van der Waals surface area (Å²) in [5, 5.41) is 0. The summed E-state index contributed by atoms with van der Waals surface area (Å²) in [5.74, 6) is 0.454. The number of rotatable bonds is 2. The van der Waals surface area contributed by atoms with Crippen molar-refractivity contribution in [2.24, 2.45) is 0 Å². The molecule has 1 saturated carbocycles. The van der Waals surface area contributed by atoms with Gasteiger partial charge in [0.2, 0.25) is 0 Å². The lowest BCUT2D eigenvalue weighted by molar-refractivity contribution is -0.128. The van der Waals surface area contributed by atoms with E-state index in [1.165, 1.54) is 0 Å². The van der Waals surface area contributed by atoms with Crippen LogP contribution in [0.2, 0.25) is 0 Å². The summed E-state index contributed by atoms with van der Waals surface area (Å²) in [6, 6.07) is 0. The van der Waals surface area contributed by atoms with E-state index in [1.54, 1.807) is 6.92 Å². The van der Waals surface area contributed by atoms with Crippen LogP contribution in [0.5, 0.6) is 0 Å². The lowest BCUT2D eigenvalue weighted by Gasteiger charge is -1.79. The van der Waals surface area contributed by atoms with Crippen LogP contribution in [0.4, 0.5) is 0 Å². The Morgan fingerprint density at radius 2 is 2.00 bits per heavy atom. The van der Waals surface area contributed by atoms with E-state index in [2.05, 4.69) is 4.74 Å². The molecular formula is C8H14O3. The lowest BCUT2D eigenvalue weighted by Crippen LogP contribution is -1.81. The van der Waals surface area contributed by atoms with Gasteiger partial charge in [-0.15, -0.1) is 0 Å². The number of ether oxygens (including phenoxy) is 1. The third kappa shape index (κ3) is 7.03. The molecule has 0 aromatic carbocycles. The molecule has 0 N–H and O–H groups in total. The molecule has 0 unspecified atom stereocenters. The quantitative estimate of drug-likeness (QED) is 0.569. The average molecular weight is 158 g/mol. The Bertz CT molecular complexity index is 113. The Kier molecular flexibility index (Phi) is 6.68. The first kappa shape index (κ1) is 10.1. The van der Waals surface area contributed by atoms with Crippen molar-refractivity contribution in [2.45, 2.75) is 32.6 Å². The van der Waals surface area contributed by atoms with E-state index < -0.39 is 0 Å². The second-order valence-electron chi connectivity index (χ2n) is 2.30. The van der Waals surface area contributed by atoms with Crippen molar-refractivity contribution < 1.29 is 14.3 Å². The summed E-state index contributed by atoms with van der Waals surface area (Å²) < 4.78 is 4.15. The fourth-order valence-electron chi connectivity index (χ4n) is 0.837. The molecular weight excluding hydrogens is 144 g/mol. The van der Waals surface area contributed by atoms with E-state index in [4.69, 9.17) is 0 Å². The third-order valence-electron chi connectivity index (χ3n) is 1.40. The number of Topliss-reactive ketones (excluding diaryl/α,β-unsaturated/α-hetero) is 1. The molecule has 11 heavy (non-hydrogen) atoms. The monoisotopic (exact) mass is 158 g/mol. The zero-order chi connectivity index (χ0) is 8.53. The van der Waals surface area contributed by atoms with Crippen LogP contribution in [0.25, 0.3) is 0 Å². The third-order valence-corrected chi connectivity index (χ3v) is 1.40. The smallest absolute Gasteiger partial charge is 0.293 e. The molecule has 64 valence electrons. The Morgan fingerprint density at radius 3 is 2.09 bits per heavy atom. The fraction of sp³-hybridized carbons (Fsp3) is 0.750. The molecule has 1 rings (SSSR count). The van der Waals surface area contributed by atoms with Crippen LogP contribution in [-0.4, -0.2) is 18.9 Å². The molecule has 0 amide bonds. The van der Waals surface area contributed by atoms with E-state index in [1.807, 2.05) is 0 Å². The van der Waals surface area contributed by atoms with Crippen LogP contribution < -0.4 is 0 Å². The largest absolute Gasteiger partial charge is 0.468 e. The summed E-state index contributed by atoms with van der Waals surface area (Å²) in [7, 11) is 0. The molecule has 0 aliphatic heterocycles. The Hall–Kier alpha value is -0.860. The maximum atomic E-state index is 10.2. The number of carbonyl (C=O) groups is 2. The fourth-order valence-corrected chi connectivity index (χ4v) is 0.837. The highest BCUT2D eigenvalue weighted by atomic mass is 16.5. The number of hydrogen-bond acceptors (Lipinski definition) is 3. The minimum absolute atomic E-state index is 0.431. The SMILES string of the molecule is CCOC=O.O=C1CCCC1. The Morgan fingerprint density at radius 1 is 1.45 bits per heavy atom. The molecule has 1 aliphatic carbocycles. The van der Waals surface area contributed by atoms with Crippen LogP contribution >= 0.6 is 0 Å². The molecule has 1 fully saturated rings. The van der Waals surface area contributed by atoms with E-state index in [-0.39, 0.29) is 0 Å². The summed E-state index contributed by atoms with van der Waals surface area (Å²) in [5.41, 5.74) is 0. The van der Waals surface area contributed by atoms with Crippen molar-refractivity contribution in [3.05, 3.63) is 0 Å². The topological polar surface area (TPSA) is 43.4 Å². The lowest BCUT2D eigenvalue weighted by atomic mass is 10.4. The molecule has 0 radical (unpaired) electrons. The van der Waals surface area contributed by atoms with Crippen molar-refractivity contribution in [1.29, 1.82) is 0 Å². The van der Waals surface area contributed by atoms with Gasteiger partial charge in [0.1, 0.15) is 5.78 Å². The van der Waals surface area contributed by atoms with Gasteiger partial charge in [0.15, 0.2) is 0 Å². The maximum Gasteiger partial charge on any atom is 0.293 e. The van der Waals surface area contributed by atoms with Crippen molar-refractivity contribution in [2.75, 3.05) is 6.61 Å². The Balaban J connectivity index is 0.000000187. The molecule has 0 aromatic heterocycles. The number of hydrogen-bond donors (Lipinski definition) is 0. The summed E-state index contributed by atoms with van der Waals surface area (Å²) in [6.45, 7) is 2.66. The zero-order valence-corrected chi connectivity index (χ0v) is 6.84. The normalized spacial score (nSPS) is 15.2. The van der Waals surface area contributed by atoms with Crippen LogP contribution in [-0.2, 0) is 14.3 Å². The molecule has 0 aromatic rings. The van der Waals surface area contributed by atoms with Gasteiger partial charge < -0.3 is 4.74 Å². The van der Waals surface area contributed by atoms with Gasteiger partial charge in [0.05, 0.1) is 6.61 Å². The van der Waals surface area contributed by atoms with E-state index >= 15 is 0 Å². The van der Waals surface area contributed by atoms with Crippen LogP contribution in [0.15, 0.2) is 0 Å². The van der Waals surface area contributed by atoms with Gasteiger partial charge in [0.25, 0.3) is 6.47 Å². The predicted molar refractivity (Wildman–Crippen MR) is 41.2 cm³/mol. The van der Waals surface area contributed by atoms with Gasteiger partial charge in [-0.05, 0) is 19.8 Å². The first-order valence-electron chi connectivity index (χ1n) is 3.88. The molecule has 3 nitrogen and oxygen atoms in total. The summed E-state index contributed by atoms with van der Waals surface area (Å²) >= 11 is 0. The van der Waals surface area contributed by atoms with Crippen molar-refractivity contribution in [3.63, 3.8) is 0 Å². The van der Waals surface area contributed by atoms with E-state index in [9.17, 15) is 9.59 Å². The van der Waals surface area contributed by atoms with E-state index in [0.29, 0.717) is 18.9 Å². The molecule has 1 aliphatic rings. The highest BCUT2D eigenvalue weighted by Gasteiger charge is 2.07. The standard InChI is InChI=1S/C5H8O.C3H6O2/c6-5-3-1-2-4-5;1-2-5-3-4/h1-4H2;3H,2H2,1H3. The van der Waals surface area contributed by atoms with Gasteiger partial charge in [0, 0.05) is 12.8 Å². The second-order valence-corrected chi connectivity index (χ2v) is 2.30. The van der Waals surface area contributed by atoms with Crippen LogP contribution in [0, 0.1) is 0 Å². The first-order valence-corrected chi connectivity index (χ1v) is 3.88. The molecule has 0 heterocycles. The van der Waals surface area contributed by atoms with E-state index in [0.717, 1.165) is 25.7 Å². The van der Waals surface area contributed by atoms with Gasteiger partial charge >= 0.3 is 0 Å². The van der Waals surface area contributed by atoms with Crippen molar-refractivity contribution in [1.82, 2.24) is 0 Å². The predicted octanol–water partition coefficient (Wildman–Crippen LogP) is 1.31. The minimum atomic E-state index is 0.431.